The molecule has 0 amide bonds. The van der Waals surface area contributed by atoms with Crippen LogP contribution in [0.15, 0.2) is 29.1 Å². The predicted octanol–water partition coefficient (Wildman–Crippen LogP) is 1.99. The summed E-state index contributed by atoms with van der Waals surface area (Å²) in [7, 11) is 1.96. The van der Waals surface area contributed by atoms with Gasteiger partial charge < -0.3 is 14.1 Å². The maximum Gasteiger partial charge on any atom is 0.108 e. The molecule has 2 aromatic heterocycles. The number of aliphatic hydroxyl groups is 1. The van der Waals surface area contributed by atoms with Crippen molar-refractivity contribution in [2.24, 2.45) is 7.05 Å². The molecule has 0 saturated carbocycles. The Morgan fingerprint density at radius 1 is 1.56 bits per heavy atom. The second kappa shape index (κ2) is 4.53. The van der Waals surface area contributed by atoms with E-state index in [-0.39, 0.29) is 0 Å². The van der Waals surface area contributed by atoms with Crippen LogP contribution in [0.3, 0.4) is 0 Å². The third kappa shape index (κ3) is 2.33. The second-order valence-corrected chi connectivity index (χ2v) is 4.00. The lowest BCUT2D eigenvalue weighted by atomic mass is 10.1. The fourth-order valence-corrected chi connectivity index (χ4v) is 1.71. The molecule has 2 aromatic rings. The summed E-state index contributed by atoms with van der Waals surface area (Å²) in [6.07, 6.45) is 6.22. The molecular formula is C12H16N2O2. The molecule has 0 radical (unpaired) electrons. The first-order valence-corrected chi connectivity index (χ1v) is 5.36. The number of furan rings is 1. The van der Waals surface area contributed by atoms with Gasteiger partial charge in [-0.05, 0) is 19.4 Å². The summed E-state index contributed by atoms with van der Waals surface area (Å²) in [5.41, 5.74) is 0.840. The number of hydrogen-bond donors (Lipinski definition) is 1. The minimum atomic E-state index is -0.478. The van der Waals surface area contributed by atoms with Gasteiger partial charge in [0.2, 0.25) is 0 Å². The van der Waals surface area contributed by atoms with Crippen LogP contribution in [0, 0.1) is 6.92 Å². The maximum absolute atomic E-state index is 9.93. The number of nitrogens with zero attached hydrogens (tertiary/aromatic N) is 2. The van der Waals surface area contributed by atoms with Gasteiger partial charge in [-0.3, -0.25) is 0 Å². The lowest BCUT2D eigenvalue weighted by Crippen LogP contribution is -2.02. The Morgan fingerprint density at radius 3 is 2.94 bits per heavy atom. The Bertz CT molecular complexity index is 459. The van der Waals surface area contributed by atoms with E-state index in [4.69, 9.17) is 4.42 Å². The second-order valence-electron chi connectivity index (χ2n) is 4.00. The Balaban J connectivity index is 1.93. The molecule has 2 heterocycles. The van der Waals surface area contributed by atoms with E-state index in [2.05, 4.69) is 4.98 Å². The van der Waals surface area contributed by atoms with Crippen LogP contribution in [0.4, 0.5) is 0 Å². The Labute approximate surface area is 94.5 Å². The van der Waals surface area contributed by atoms with Gasteiger partial charge in [0.1, 0.15) is 11.6 Å². The summed E-state index contributed by atoms with van der Waals surface area (Å²) in [4.78, 5) is 4.22. The Morgan fingerprint density at radius 2 is 2.38 bits per heavy atom. The van der Waals surface area contributed by atoms with Gasteiger partial charge in [-0.15, -0.1) is 0 Å². The molecular weight excluding hydrogens is 204 g/mol. The van der Waals surface area contributed by atoms with Crippen LogP contribution in [0.5, 0.6) is 0 Å². The number of aliphatic hydroxyl groups excluding tert-OH is 1. The first-order valence-electron chi connectivity index (χ1n) is 5.36. The van der Waals surface area contributed by atoms with Gasteiger partial charge >= 0.3 is 0 Å². The van der Waals surface area contributed by atoms with Crippen LogP contribution >= 0.6 is 0 Å². The molecule has 16 heavy (non-hydrogen) atoms. The lowest BCUT2D eigenvalue weighted by Gasteiger charge is -2.07. The molecule has 4 heteroatoms. The molecule has 1 atom stereocenters. The van der Waals surface area contributed by atoms with Gasteiger partial charge in [-0.25, -0.2) is 4.98 Å². The van der Waals surface area contributed by atoms with Crippen molar-refractivity contribution < 1.29 is 9.52 Å². The molecule has 0 bridgehead atoms. The van der Waals surface area contributed by atoms with E-state index in [1.165, 1.54) is 0 Å². The normalized spacial score (nSPS) is 12.9. The zero-order valence-corrected chi connectivity index (χ0v) is 9.55. The molecule has 1 N–H and O–H groups in total. The fraction of sp³-hybridized carbons (Fsp3) is 0.417. The molecule has 2 rings (SSSR count). The van der Waals surface area contributed by atoms with Crippen molar-refractivity contribution in [3.63, 3.8) is 0 Å². The maximum atomic E-state index is 9.93. The summed E-state index contributed by atoms with van der Waals surface area (Å²) in [5.74, 6) is 1.81. The molecule has 1 unspecified atom stereocenters. The van der Waals surface area contributed by atoms with Crippen molar-refractivity contribution in [1.82, 2.24) is 9.55 Å². The summed E-state index contributed by atoms with van der Waals surface area (Å²) in [6.45, 7) is 1.87. The van der Waals surface area contributed by atoms with Crippen LogP contribution in [0.1, 0.15) is 29.7 Å². The molecule has 0 fully saturated rings. The van der Waals surface area contributed by atoms with Crippen LogP contribution in [-0.2, 0) is 13.5 Å². The van der Waals surface area contributed by atoms with Gasteiger partial charge in [0.25, 0.3) is 0 Å². The van der Waals surface area contributed by atoms with E-state index in [1.807, 2.05) is 30.8 Å². The van der Waals surface area contributed by atoms with Crippen molar-refractivity contribution in [3.8, 4) is 0 Å². The predicted molar refractivity (Wildman–Crippen MR) is 59.9 cm³/mol. The minimum Gasteiger partial charge on any atom is -0.469 e. The molecule has 0 saturated heterocycles. The first-order chi connectivity index (χ1) is 7.66. The summed E-state index contributed by atoms with van der Waals surface area (Å²) >= 11 is 0. The average Bonchev–Trinajstić information content (AvgIpc) is 2.84. The Hall–Kier alpha value is -1.55. The first kappa shape index (κ1) is 11.0. The van der Waals surface area contributed by atoms with Crippen LogP contribution in [0.25, 0.3) is 0 Å². The van der Waals surface area contributed by atoms with Gasteiger partial charge in [-0.1, -0.05) is 0 Å². The van der Waals surface area contributed by atoms with Gasteiger partial charge in [-0.2, -0.15) is 0 Å². The molecule has 0 spiro atoms. The number of imidazole rings is 1. The molecule has 0 aromatic carbocycles. The van der Waals surface area contributed by atoms with E-state index in [1.54, 1.807) is 12.5 Å². The van der Waals surface area contributed by atoms with Crippen LogP contribution < -0.4 is 0 Å². The van der Waals surface area contributed by atoms with E-state index in [0.29, 0.717) is 6.42 Å². The highest BCUT2D eigenvalue weighted by molar-refractivity contribution is 5.14. The van der Waals surface area contributed by atoms with Crippen molar-refractivity contribution in [2.45, 2.75) is 25.9 Å². The highest BCUT2D eigenvalue weighted by Crippen LogP contribution is 2.20. The van der Waals surface area contributed by atoms with E-state index in [0.717, 1.165) is 23.6 Å². The standard InChI is InChI=1S/C12H16N2O2/c1-9-7-10(8-16-9)11(15)3-4-12-13-5-6-14(12)2/h5-8,11,15H,3-4H2,1-2H3. The topological polar surface area (TPSA) is 51.2 Å². The third-order valence-corrected chi connectivity index (χ3v) is 2.70. The minimum absolute atomic E-state index is 0.478. The van der Waals surface area contributed by atoms with Crippen molar-refractivity contribution >= 4 is 0 Å². The number of aryl methyl sites for hydroxylation is 3. The SMILES string of the molecule is Cc1cc(C(O)CCc2nccn2C)co1. The Kier molecular flexibility index (Phi) is 3.10. The van der Waals surface area contributed by atoms with Crippen molar-refractivity contribution in [2.75, 3.05) is 0 Å². The van der Waals surface area contributed by atoms with Gasteiger partial charge in [0.05, 0.1) is 12.4 Å². The molecule has 4 nitrogen and oxygen atoms in total. The largest absolute Gasteiger partial charge is 0.469 e. The van der Waals surface area contributed by atoms with Crippen molar-refractivity contribution in [3.05, 3.63) is 41.9 Å². The van der Waals surface area contributed by atoms with Crippen molar-refractivity contribution in [1.29, 1.82) is 0 Å². The quantitative estimate of drug-likeness (QED) is 0.857. The van der Waals surface area contributed by atoms with Gasteiger partial charge in [0.15, 0.2) is 0 Å². The summed E-state index contributed by atoms with van der Waals surface area (Å²) in [6, 6.07) is 1.86. The number of aromatic nitrogens is 2. The lowest BCUT2D eigenvalue weighted by molar-refractivity contribution is 0.166. The molecule has 0 aliphatic rings. The van der Waals surface area contributed by atoms with E-state index >= 15 is 0 Å². The average molecular weight is 220 g/mol. The zero-order chi connectivity index (χ0) is 11.5. The molecule has 0 aliphatic heterocycles. The monoisotopic (exact) mass is 220 g/mol. The molecule has 0 aliphatic carbocycles. The molecule has 86 valence electrons. The fourth-order valence-electron chi connectivity index (χ4n) is 1.71. The van der Waals surface area contributed by atoms with E-state index in [9.17, 15) is 5.11 Å². The van der Waals surface area contributed by atoms with Crippen LogP contribution in [-0.4, -0.2) is 14.7 Å². The highest BCUT2D eigenvalue weighted by atomic mass is 16.3. The third-order valence-electron chi connectivity index (χ3n) is 2.70. The van der Waals surface area contributed by atoms with E-state index < -0.39 is 6.10 Å². The summed E-state index contributed by atoms with van der Waals surface area (Å²) < 4.78 is 7.13. The van der Waals surface area contributed by atoms with Gasteiger partial charge in [0, 0.05) is 31.4 Å². The number of hydrogen-bond acceptors (Lipinski definition) is 3. The smallest absolute Gasteiger partial charge is 0.108 e. The zero-order valence-electron chi connectivity index (χ0n) is 9.55. The van der Waals surface area contributed by atoms with Crippen LogP contribution in [0.2, 0.25) is 0 Å². The highest BCUT2D eigenvalue weighted by Gasteiger charge is 2.11. The number of rotatable bonds is 4. The summed E-state index contributed by atoms with van der Waals surface area (Å²) in [5, 5.41) is 9.93.